The summed E-state index contributed by atoms with van der Waals surface area (Å²) < 4.78 is 18.1. The van der Waals surface area contributed by atoms with E-state index in [1.54, 1.807) is 0 Å². The van der Waals surface area contributed by atoms with Crippen molar-refractivity contribution in [1.29, 1.82) is 0 Å². The van der Waals surface area contributed by atoms with Crippen LogP contribution < -0.4 is 4.72 Å². The predicted octanol–water partition coefficient (Wildman–Crippen LogP) is 2.24. The van der Waals surface area contributed by atoms with Crippen LogP contribution in [0.1, 0.15) is 63.0 Å². The lowest BCUT2D eigenvalue weighted by Crippen LogP contribution is -2.50. The van der Waals surface area contributed by atoms with E-state index in [2.05, 4.69) is 9.40 Å². The Morgan fingerprint density at radius 3 is 2.65 bits per heavy atom. The van der Waals surface area contributed by atoms with Gasteiger partial charge in [-0.05, 0) is 58.4 Å². The fourth-order valence-corrected chi connectivity index (χ4v) is 5.58. The third-order valence-corrected chi connectivity index (χ3v) is 7.74. The third-order valence-electron chi connectivity index (χ3n) is 6.18. The summed E-state index contributed by atoms with van der Waals surface area (Å²) in [6, 6.07) is -0.0205. The molecule has 26 heavy (non-hydrogen) atoms. The zero-order valence-corrected chi connectivity index (χ0v) is 16.6. The highest BCUT2D eigenvalue weighted by molar-refractivity contribution is 7.90. The van der Waals surface area contributed by atoms with Gasteiger partial charge in [-0.3, -0.25) is 4.68 Å². The Labute approximate surface area is 157 Å². The van der Waals surface area contributed by atoms with Crippen LogP contribution in [-0.2, 0) is 30.7 Å². The Kier molecular flexibility index (Phi) is 4.28. The molecule has 3 aliphatic rings. The van der Waals surface area contributed by atoms with E-state index in [0.29, 0.717) is 13.1 Å². The third kappa shape index (κ3) is 2.82. The van der Waals surface area contributed by atoms with Gasteiger partial charge in [-0.15, -0.1) is 4.72 Å². The molecular formula is C18H28N4O3S. The van der Waals surface area contributed by atoms with E-state index in [1.807, 2.05) is 20.8 Å². The van der Waals surface area contributed by atoms with Crippen molar-refractivity contribution in [3.8, 4) is 0 Å². The molecule has 1 saturated heterocycles. The summed E-state index contributed by atoms with van der Waals surface area (Å²) >= 11 is -1.18. The molecule has 2 atom stereocenters. The first-order valence-corrected chi connectivity index (χ1v) is 10.6. The molecule has 2 N–H and O–H groups in total. The van der Waals surface area contributed by atoms with Crippen LogP contribution in [0.4, 0.5) is 4.79 Å². The van der Waals surface area contributed by atoms with Gasteiger partial charge in [0.05, 0.1) is 11.4 Å². The van der Waals surface area contributed by atoms with Crippen LogP contribution in [0.15, 0.2) is 0 Å². The molecule has 1 aromatic rings. The molecule has 0 bridgehead atoms. The number of hydrogen-bond acceptors (Lipinski definition) is 4. The van der Waals surface area contributed by atoms with Crippen LogP contribution in [0.25, 0.3) is 0 Å². The Hall–Kier alpha value is -1.25. The molecule has 1 aromatic heterocycles. The highest BCUT2D eigenvalue weighted by Crippen LogP contribution is 2.52. The van der Waals surface area contributed by atoms with Crippen molar-refractivity contribution in [2.75, 3.05) is 13.1 Å². The van der Waals surface area contributed by atoms with E-state index >= 15 is 0 Å². The number of carboxylic acid groups (broad SMARTS) is 1. The number of amides is 1. The van der Waals surface area contributed by atoms with Crippen molar-refractivity contribution in [3.63, 3.8) is 0 Å². The van der Waals surface area contributed by atoms with Crippen molar-refractivity contribution in [1.82, 2.24) is 19.4 Å². The van der Waals surface area contributed by atoms with Crippen molar-refractivity contribution in [2.24, 2.45) is 5.41 Å². The van der Waals surface area contributed by atoms with Crippen LogP contribution in [0.5, 0.6) is 0 Å². The lowest BCUT2D eigenvalue weighted by molar-refractivity contribution is 0.0700. The highest BCUT2D eigenvalue weighted by atomic mass is 32.2. The first-order chi connectivity index (χ1) is 12.2. The van der Waals surface area contributed by atoms with Gasteiger partial charge in [0.2, 0.25) is 0 Å². The van der Waals surface area contributed by atoms with Crippen molar-refractivity contribution >= 4 is 17.5 Å². The van der Waals surface area contributed by atoms with Gasteiger partial charge in [-0.2, -0.15) is 5.10 Å². The molecule has 1 fully saturated rings. The molecule has 3 heterocycles. The number of carbonyl (C=O) groups is 1. The van der Waals surface area contributed by atoms with Gasteiger partial charge in [0.15, 0.2) is 0 Å². The summed E-state index contributed by atoms with van der Waals surface area (Å²) in [5.74, 6) is 0. The monoisotopic (exact) mass is 380 g/mol. The molecule has 2 aliphatic heterocycles. The summed E-state index contributed by atoms with van der Waals surface area (Å²) in [5.41, 5.74) is 3.64. The predicted molar refractivity (Wildman–Crippen MR) is 99.3 cm³/mol. The summed E-state index contributed by atoms with van der Waals surface area (Å²) in [4.78, 5) is 12.8. The second-order valence-electron chi connectivity index (χ2n) is 8.89. The molecule has 1 aliphatic carbocycles. The van der Waals surface area contributed by atoms with E-state index in [0.717, 1.165) is 38.6 Å². The maximum absolute atomic E-state index is 12.9. The average molecular weight is 381 g/mol. The Morgan fingerprint density at radius 1 is 1.35 bits per heavy atom. The van der Waals surface area contributed by atoms with Gasteiger partial charge in [-0.25, -0.2) is 4.79 Å². The number of rotatable bonds is 2. The molecular weight excluding hydrogens is 352 g/mol. The Balaban J connectivity index is 1.66. The lowest BCUT2D eigenvalue weighted by atomic mass is 9.73. The van der Waals surface area contributed by atoms with Crippen molar-refractivity contribution in [2.45, 2.75) is 70.2 Å². The fraction of sp³-hybridized carbons (Fsp3) is 0.778. The number of hydrogen-bond donors (Lipinski definition) is 2. The van der Waals surface area contributed by atoms with E-state index in [-0.39, 0.29) is 16.2 Å². The van der Waals surface area contributed by atoms with E-state index in [4.69, 9.17) is 5.10 Å². The molecule has 1 spiro atoms. The van der Waals surface area contributed by atoms with Gasteiger partial charge in [-0.1, -0.05) is 0 Å². The topological polar surface area (TPSA) is 93.5 Å². The van der Waals surface area contributed by atoms with E-state index in [1.165, 1.54) is 21.9 Å². The van der Waals surface area contributed by atoms with Crippen LogP contribution >= 0.6 is 0 Å². The standard InChI is InChI=1S/C18H28N4O3S/c1-17(2,3)26(25)20-15-14-12-5-4-6-13(12)19-22(14)11-18(15)7-9-21(10-8-18)16(23)24/h15,20H,4-11H2,1-3H3,(H,23,24)/t15-,26?/m1/s1. The summed E-state index contributed by atoms with van der Waals surface area (Å²) in [5, 5.41) is 14.1. The van der Waals surface area contributed by atoms with Crippen molar-refractivity contribution in [3.05, 3.63) is 17.0 Å². The number of fused-ring (bicyclic) bond motifs is 3. The molecule has 4 rings (SSSR count). The number of nitrogens with zero attached hydrogens (tertiary/aromatic N) is 3. The van der Waals surface area contributed by atoms with Gasteiger partial charge in [0.25, 0.3) is 0 Å². The molecule has 8 heteroatoms. The first-order valence-electron chi connectivity index (χ1n) is 9.46. The van der Waals surface area contributed by atoms with Crippen LogP contribution in [0, 0.1) is 5.41 Å². The normalized spacial score (nSPS) is 25.4. The molecule has 1 unspecified atom stereocenters. The second-order valence-corrected chi connectivity index (χ2v) is 10.9. The van der Waals surface area contributed by atoms with Crippen LogP contribution in [-0.4, -0.2) is 48.3 Å². The van der Waals surface area contributed by atoms with Crippen LogP contribution in [0.3, 0.4) is 0 Å². The molecule has 0 radical (unpaired) electrons. The zero-order chi connectivity index (χ0) is 18.7. The quantitative estimate of drug-likeness (QED) is 0.768. The van der Waals surface area contributed by atoms with Crippen molar-refractivity contribution < 1.29 is 14.5 Å². The summed E-state index contributed by atoms with van der Waals surface area (Å²) in [7, 11) is 0. The highest BCUT2D eigenvalue weighted by Gasteiger charge is 2.53. The average Bonchev–Trinajstić information content (AvgIpc) is 3.19. The minimum atomic E-state index is -1.18. The minimum absolute atomic E-state index is 0.0205. The maximum atomic E-state index is 12.9. The smallest absolute Gasteiger partial charge is 0.407 e. The summed E-state index contributed by atoms with van der Waals surface area (Å²) in [6.45, 7) is 7.79. The van der Waals surface area contributed by atoms with Gasteiger partial charge < -0.3 is 14.6 Å². The Morgan fingerprint density at radius 2 is 2.04 bits per heavy atom. The molecule has 1 amide bonds. The van der Waals surface area contributed by atoms with Crippen LogP contribution in [0.2, 0.25) is 0 Å². The SMILES string of the molecule is CC(C)(C)[S+]([O-])N[C@@H]1c2c3c(nn2CC12CCN(C(=O)O)CC2)CCC3. The minimum Gasteiger partial charge on any atom is -0.598 e. The fourth-order valence-electron chi connectivity index (χ4n) is 4.65. The largest absolute Gasteiger partial charge is 0.598 e. The summed E-state index contributed by atoms with van der Waals surface area (Å²) in [6.07, 6.45) is 3.92. The van der Waals surface area contributed by atoms with Gasteiger partial charge in [0.1, 0.15) is 10.8 Å². The van der Waals surface area contributed by atoms with Gasteiger partial charge >= 0.3 is 6.09 Å². The first kappa shape index (κ1) is 18.1. The number of nitrogens with one attached hydrogen (secondary N) is 1. The molecule has 0 aromatic carbocycles. The second kappa shape index (κ2) is 6.14. The zero-order valence-electron chi connectivity index (χ0n) is 15.7. The lowest BCUT2D eigenvalue weighted by Gasteiger charge is -2.42. The molecule has 0 saturated carbocycles. The number of piperidine rings is 1. The van der Waals surface area contributed by atoms with E-state index in [9.17, 15) is 14.5 Å². The number of aryl methyl sites for hydroxylation is 1. The van der Waals surface area contributed by atoms with E-state index < -0.39 is 17.5 Å². The van der Waals surface area contributed by atoms with Gasteiger partial charge in [0, 0.05) is 36.4 Å². The molecule has 144 valence electrons. The maximum Gasteiger partial charge on any atom is 0.407 e. The number of aromatic nitrogens is 2. The number of likely N-dealkylation sites (tertiary alicyclic amines) is 1. The Bertz CT molecular complexity index is 719. The molecule has 7 nitrogen and oxygen atoms in total.